The number of anilines is 1. The minimum absolute atomic E-state index is 0.00889. The maximum Gasteiger partial charge on any atom is 0.332 e. The number of hydrogen-bond donors (Lipinski definition) is 0. The van der Waals surface area contributed by atoms with Crippen molar-refractivity contribution in [1.82, 2.24) is 24.0 Å². The lowest BCUT2D eigenvalue weighted by Crippen LogP contribution is -2.51. The molecule has 3 aromatic heterocycles. The molecule has 9 heteroatoms. The molecule has 172 valence electrons. The van der Waals surface area contributed by atoms with E-state index < -0.39 is 11.2 Å². The molecule has 0 bridgehead atoms. The first kappa shape index (κ1) is 21.6. The Bertz CT molecular complexity index is 1420. The van der Waals surface area contributed by atoms with Crippen LogP contribution in [0.4, 0.5) is 5.69 Å². The number of nitrogens with zero attached hydrogens (tertiary/aromatic N) is 6. The van der Waals surface area contributed by atoms with Gasteiger partial charge in [0.2, 0.25) is 5.91 Å². The minimum atomic E-state index is -0.549. The van der Waals surface area contributed by atoms with Crippen molar-refractivity contribution in [1.29, 1.82) is 0 Å². The number of hydrogen-bond acceptors (Lipinski definition) is 6. The van der Waals surface area contributed by atoms with Gasteiger partial charge < -0.3 is 9.80 Å². The summed E-state index contributed by atoms with van der Waals surface area (Å²) in [7, 11) is 0. The average Bonchev–Trinajstić information content (AvgIpc) is 2.90. The number of para-hydroxylation sites is 1. The molecule has 1 aliphatic rings. The van der Waals surface area contributed by atoms with Gasteiger partial charge in [-0.3, -0.25) is 23.7 Å². The summed E-state index contributed by atoms with van der Waals surface area (Å²) in [5, 5.41) is 0. The Morgan fingerprint density at radius 2 is 1.53 bits per heavy atom. The molecule has 0 radical (unpaired) electrons. The highest BCUT2D eigenvalue weighted by Crippen LogP contribution is 2.16. The van der Waals surface area contributed by atoms with E-state index in [2.05, 4.69) is 27.0 Å². The summed E-state index contributed by atoms with van der Waals surface area (Å²) in [4.78, 5) is 52.0. The lowest BCUT2D eigenvalue weighted by atomic mass is 10.2. The van der Waals surface area contributed by atoms with Gasteiger partial charge in [-0.2, -0.15) is 0 Å². The van der Waals surface area contributed by atoms with Crippen molar-refractivity contribution in [2.45, 2.75) is 13.1 Å². The van der Waals surface area contributed by atoms with Gasteiger partial charge in [-0.05, 0) is 36.4 Å². The SMILES string of the molecule is O=C(Cn1c(=O)n(Cc2ccccn2)c(=O)c2ncccc21)N1CCN(c2ccccc2)CC1. The van der Waals surface area contributed by atoms with E-state index >= 15 is 0 Å². The quantitative estimate of drug-likeness (QED) is 0.450. The molecule has 0 N–H and O–H groups in total. The molecule has 1 saturated heterocycles. The Hall–Kier alpha value is -4.27. The van der Waals surface area contributed by atoms with Crippen LogP contribution in [0.3, 0.4) is 0 Å². The third-order valence-electron chi connectivity index (χ3n) is 6.08. The highest BCUT2D eigenvalue weighted by Gasteiger charge is 2.23. The van der Waals surface area contributed by atoms with Gasteiger partial charge in [0.05, 0.1) is 17.8 Å². The molecular formula is C25H24N6O3. The molecule has 1 fully saturated rings. The monoisotopic (exact) mass is 456 g/mol. The van der Waals surface area contributed by atoms with Gasteiger partial charge in [0.1, 0.15) is 6.54 Å². The molecule has 4 aromatic rings. The highest BCUT2D eigenvalue weighted by molar-refractivity contribution is 5.80. The topological polar surface area (TPSA) is 93.3 Å². The predicted octanol–water partition coefficient (Wildman–Crippen LogP) is 1.35. The van der Waals surface area contributed by atoms with Crippen LogP contribution in [-0.4, -0.2) is 56.1 Å². The zero-order valence-electron chi connectivity index (χ0n) is 18.6. The number of piperazine rings is 1. The maximum atomic E-state index is 13.4. The Kier molecular flexibility index (Phi) is 5.90. The largest absolute Gasteiger partial charge is 0.368 e. The summed E-state index contributed by atoms with van der Waals surface area (Å²) in [6.45, 7) is 2.40. The first-order valence-corrected chi connectivity index (χ1v) is 11.2. The van der Waals surface area contributed by atoms with Crippen LogP contribution >= 0.6 is 0 Å². The summed E-state index contributed by atoms with van der Waals surface area (Å²) in [6, 6.07) is 18.7. The molecular weight excluding hydrogens is 432 g/mol. The molecule has 4 heterocycles. The van der Waals surface area contributed by atoms with E-state index in [9.17, 15) is 14.4 Å². The summed E-state index contributed by atoms with van der Waals surface area (Å²) in [5.74, 6) is -0.164. The standard InChI is InChI=1S/C25H24N6O3/c32-22(29-15-13-28(14-16-29)20-8-2-1-3-9-20)18-30-21-10-6-12-27-23(21)24(33)31(25(30)34)17-19-7-4-5-11-26-19/h1-12H,13-18H2. The maximum absolute atomic E-state index is 13.4. The fourth-order valence-electron chi connectivity index (χ4n) is 4.28. The number of aromatic nitrogens is 4. The molecule has 1 amide bonds. The van der Waals surface area contributed by atoms with Crippen LogP contribution in [0.25, 0.3) is 11.0 Å². The van der Waals surface area contributed by atoms with Crippen LogP contribution in [0, 0.1) is 0 Å². The smallest absolute Gasteiger partial charge is 0.332 e. The number of rotatable bonds is 5. The predicted molar refractivity (Wildman–Crippen MR) is 129 cm³/mol. The number of amides is 1. The van der Waals surface area contributed by atoms with E-state index in [1.807, 2.05) is 18.2 Å². The molecule has 0 unspecified atom stereocenters. The van der Waals surface area contributed by atoms with Crippen molar-refractivity contribution in [3.8, 4) is 0 Å². The Morgan fingerprint density at radius 3 is 2.26 bits per heavy atom. The van der Waals surface area contributed by atoms with Crippen molar-refractivity contribution in [2.24, 2.45) is 0 Å². The number of pyridine rings is 2. The molecule has 0 atom stereocenters. The fourth-order valence-corrected chi connectivity index (χ4v) is 4.28. The second kappa shape index (κ2) is 9.30. The summed E-state index contributed by atoms with van der Waals surface area (Å²) in [6.07, 6.45) is 3.12. The lowest BCUT2D eigenvalue weighted by molar-refractivity contribution is -0.132. The summed E-state index contributed by atoms with van der Waals surface area (Å²) >= 11 is 0. The van der Waals surface area contributed by atoms with Gasteiger partial charge in [0, 0.05) is 44.3 Å². The molecule has 5 rings (SSSR count). The Balaban J connectivity index is 1.42. The van der Waals surface area contributed by atoms with E-state index in [4.69, 9.17) is 0 Å². The van der Waals surface area contributed by atoms with Gasteiger partial charge in [-0.1, -0.05) is 24.3 Å². The number of carbonyl (C=O) groups is 1. The number of carbonyl (C=O) groups excluding carboxylic acids is 1. The van der Waals surface area contributed by atoms with Crippen molar-refractivity contribution in [3.63, 3.8) is 0 Å². The van der Waals surface area contributed by atoms with E-state index in [0.717, 1.165) is 10.3 Å². The normalized spacial score (nSPS) is 13.9. The van der Waals surface area contributed by atoms with E-state index in [1.165, 1.54) is 10.8 Å². The first-order chi connectivity index (χ1) is 16.6. The summed E-state index contributed by atoms with van der Waals surface area (Å²) < 4.78 is 2.44. The first-order valence-electron chi connectivity index (χ1n) is 11.2. The van der Waals surface area contributed by atoms with Gasteiger partial charge >= 0.3 is 5.69 Å². The molecule has 1 aromatic carbocycles. The number of benzene rings is 1. The minimum Gasteiger partial charge on any atom is -0.368 e. The van der Waals surface area contributed by atoms with E-state index in [1.54, 1.807) is 41.4 Å². The Morgan fingerprint density at radius 1 is 0.794 bits per heavy atom. The molecule has 9 nitrogen and oxygen atoms in total. The van der Waals surface area contributed by atoms with Gasteiger partial charge in [-0.25, -0.2) is 9.78 Å². The van der Waals surface area contributed by atoms with Crippen LogP contribution < -0.4 is 16.1 Å². The molecule has 0 saturated carbocycles. The second-order valence-electron chi connectivity index (χ2n) is 8.16. The van der Waals surface area contributed by atoms with Crippen molar-refractivity contribution in [3.05, 3.63) is 99.6 Å². The molecule has 1 aliphatic heterocycles. The average molecular weight is 457 g/mol. The van der Waals surface area contributed by atoms with Crippen LogP contribution in [0.5, 0.6) is 0 Å². The van der Waals surface area contributed by atoms with Crippen LogP contribution in [0.15, 0.2) is 82.6 Å². The van der Waals surface area contributed by atoms with Crippen molar-refractivity contribution >= 4 is 22.6 Å². The van der Waals surface area contributed by atoms with Crippen LogP contribution in [-0.2, 0) is 17.9 Å². The van der Waals surface area contributed by atoms with Crippen LogP contribution in [0.1, 0.15) is 5.69 Å². The van der Waals surface area contributed by atoms with Gasteiger partial charge in [0.15, 0.2) is 5.52 Å². The van der Waals surface area contributed by atoms with E-state index in [0.29, 0.717) is 37.4 Å². The highest BCUT2D eigenvalue weighted by atomic mass is 16.2. The lowest BCUT2D eigenvalue weighted by Gasteiger charge is -2.36. The number of fused-ring (bicyclic) bond motifs is 1. The van der Waals surface area contributed by atoms with Gasteiger partial charge in [-0.15, -0.1) is 0 Å². The second-order valence-corrected chi connectivity index (χ2v) is 8.16. The zero-order valence-corrected chi connectivity index (χ0v) is 18.6. The third kappa shape index (κ3) is 4.19. The third-order valence-corrected chi connectivity index (χ3v) is 6.08. The zero-order chi connectivity index (χ0) is 23.5. The Labute approximate surface area is 195 Å². The summed E-state index contributed by atoms with van der Waals surface area (Å²) in [5.41, 5.74) is 1.17. The van der Waals surface area contributed by atoms with Gasteiger partial charge in [0.25, 0.3) is 5.56 Å². The molecule has 34 heavy (non-hydrogen) atoms. The molecule has 0 spiro atoms. The van der Waals surface area contributed by atoms with Crippen LogP contribution in [0.2, 0.25) is 0 Å². The van der Waals surface area contributed by atoms with Crippen molar-refractivity contribution in [2.75, 3.05) is 31.1 Å². The van der Waals surface area contributed by atoms with Crippen molar-refractivity contribution < 1.29 is 4.79 Å². The molecule has 0 aliphatic carbocycles. The van der Waals surface area contributed by atoms with E-state index in [-0.39, 0.29) is 24.5 Å². The fraction of sp³-hybridized carbons (Fsp3) is 0.240.